The van der Waals surface area contributed by atoms with E-state index in [0.29, 0.717) is 19.7 Å². The summed E-state index contributed by atoms with van der Waals surface area (Å²) in [5.74, 6) is -1.27. The Morgan fingerprint density at radius 3 is 2.59 bits per heavy atom. The first kappa shape index (κ1) is 20.8. The number of rotatable bonds is 4. The van der Waals surface area contributed by atoms with Crippen molar-refractivity contribution in [3.63, 3.8) is 0 Å². The van der Waals surface area contributed by atoms with Gasteiger partial charge >= 0.3 is 12.1 Å². The quantitative estimate of drug-likeness (QED) is 0.693. The Labute approximate surface area is 152 Å². The maximum Gasteiger partial charge on any atom is 0.490 e. The Balaban J connectivity index is 0.000000321. The Kier molecular flexibility index (Phi) is 7.25. The van der Waals surface area contributed by atoms with Gasteiger partial charge in [0.25, 0.3) is 0 Å². The molecule has 1 aromatic rings. The van der Waals surface area contributed by atoms with E-state index in [1.54, 1.807) is 0 Å². The van der Waals surface area contributed by atoms with Crippen LogP contribution in [0.25, 0.3) is 0 Å². The SMILES string of the molecule is O=C(NCCc1ccc2c(c1)OCO2)[C@H]1CNCCO1.O=C(O)C(F)(F)F. The molecule has 0 spiro atoms. The average molecular weight is 392 g/mol. The molecular formula is C16H19F3N2O6. The van der Waals surface area contributed by atoms with Gasteiger partial charge < -0.3 is 30.0 Å². The van der Waals surface area contributed by atoms with Crippen molar-refractivity contribution >= 4 is 11.9 Å². The van der Waals surface area contributed by atoms with Crippen LogP contribution < -0.4 is 20.1 Å². The molecule has 0 radical (unpaired) electrons. The first-order valence-electron chi connectivity index (χ1n) is 8.06. The second-order valence-corrected chi connectivity index (χ2v) is 5.60. The van der Waals surface area contributed by atoms with Gasteiger partial charge in [0.1, 0.15) is 6.10 Å². The molecule has 150 valence electrons. The van der Waals surface area contributed by atoms with Crippen molar-refractivity contribution in [3.8, 4) is 11.5 Å². The van der Waals surface area contributed by atoms with Gasteiger partial charge in [0.2, 0.25) is 12.7 Å². The summed E-state index contributed by atoms with van der Waals surface area (Å²) >= 11 is 0. The van der Waals surface area contributed by atoms with Crippen LogP contribution >= 0.6 is 0 Å². The molecular weight excluding hydrogens is 373 g/mol. The maximum absolute atomic E-state index is 11.9. The predicted octanol–water partition coefficient (Wildman–Crippen LogP) is 0.696. The van der Waals surface area contributed by atoms with E-state index in [1.165, 1.54) is 0 Å². The van der Waals surface area contributed by atoms with Gasteiger partial charge in [-0.25, -0.2) is 4.79 Å². The van der Waals surface area contributed by atoms with E-state index >= 15 is 0 Å². The summed E-state index contributed by atoms with van der Waals surface area (Å²) in [5.41, 5.74) is 1.11. The topological polar surface area (TPSA) is 106 Å². The van der Waals surface area contributed by atoms with E-state index in [0.717, 1.165) is 30.0 Å². The van der Waals surface area contributed by atoms with Crippen molar-refractivity contribution in [2.24, 2.45) is 0 Å². The molecule has 2 aliphatic rings. The summed E-state index contributed by atoms with van der Waals surface area (Å²) in [6, 6.07) is 5.83. The summed E-state index contributed by atoms with van der Waals surface area (Å²) in [5, 5.41) is 13.2. The Morgan fingerprint density at radius 1 is 1.26 bits per heavy atom. The number of carbonyl (C=O) groups excluding carboxylic acids is 1. The van der Waals surface area contributed by atoms with Crippen molar-refractivity contribution in [1.29, 1.82) is 0 Å². The lowest BCUT2D eigenvalue weighted by atomic mass is 10.1. The second kappa shape index (κ2) is 9.42. The summed E-state index contributed by atoms with van der Waals surface area (Å²) < 4.78 is 47.7. The molecule has 27 heavy (non-hydrogen) atoms. The minimum Gasteiger partial charge on any atom is -0.475 e. The fourth-order valence-corrected chi connectivity index (χ4v) is 2.27. The molecule has 0 unspecified atom stereocenters. The normalized spacial score (nSPS) is 18.3. The number of alkyl halides is 3. The first-order chi connectivity index (χ1) is 12.8. The third-order valence-corrected chi connectivity index (χ3v) is 3.61. The number of benzene rings is 1. The number of carboxylic acid groups (broad SMARTS) is 1. The Bertz CT molecular complexity index is 662. The molecule has 1 fully saturated rings. The van der Waals surface area contributed by atoms with Crippen molar-refractivity contribution in [2.45, 2.75) is 18.7 Å². The summed E-state index contributed by atoms with van der Waals surface area (Å²) in [6.07, 6.45) is -4.71. The number of nitrogens with one attached hydrogen (secondary N) is 2. The molecule has 3 N–H and O–H groups in total. The molecule has 0 saturated carbocycles. The van der Waals surface area contributed by atoms with Crippen LogP contribution in [0.1, 0.15) is 5.56 Å². The molecule has 1 atom stereocenters. The highest BCUT2D eigenvalue weighted by molar-refractivity contribution is 5.81. The number of hydrogen-bond donors (Lipinski definition) is 3. The van der Waals surface area contributed by atoms with Crippen molar-refractivity contribution in [2.75, 3.05) is 33.0 Å². The van der Waals surface area contributed by atoms with Gasteiger partial charge in [-0.2, -0.15) is 13.2 Å². The zero-order chi connectivity index (χ0) is 19.9. The molecule has 1 saturated heterocycles. The molecule has 11 heteroatoms. The van der Waals surface area contributed by atoms with Gasteiger partial charge in [-0.05, 0) is 24.1 Å². The van der Waals surface area contributed by atoms with E-state index in [2.05, 4.69) is 10.6 Å². The number of fused-ring (bicyclic) bond motifs is 1. The van der Waals surface area contributed by atoms with Crippen LogP contribution in [0.2, 0.25) is 0 Å². The summed E-state index contributed by atoms with van der Waals surface area (Å²) in [6.45, 7) is 2.83. The number of ether oxygens (including phenoxy) is 3. The van der Waals surface area contributed by atoms with Crippen molar-refractivity contribution in [3.05, 3.63) is 23.8 Å². The zero-order valence-corrected chi connectivity index (χ0v) is 14.2. The first-order valence-corrected chi connectivity index (χ1v) is 8.06. The van der Waals surface area contributed by atoms with E-state index in [-0.39, 0.29) is 18.8 Å². The van der Waals surface area contributed by atoms with Gasteiger partial charge in [0, 0.05) is 19.6 Å². The van der Waals surface area contributed by atoms with Crippen molar-refractivity contribution < 1.29 is 42.1 Å². The minimum absolute atomic E-state index is 0.0575. The number of carbonyl (C=O) groups is 2. The Hall–Kier alpha value is -2.53. The van der Waals surface area contributed by atoms with Crippen LogP contribution in [-0.2, 0) is 20.7 Å². The number of halogens is 3. The third-order valence-electron chi connectivity index (χ3n) is 3.61. The van der Waals surface area contributed by atoms with Crippen LogP contribution in [-0.4, -0.2) is 62.3 Å². The third kappa shape index (κ3) is 6.61. The molecule has 1 amide bonds. The lowest BCUT2D eigenvalue weighted by Crippen LogP contribution is -2.48. The van der Waals surface area contributed by atoms with Crippen LogP contribution in [0, 0.1) is 0 Å². The minimum atomic E-state index is -5.08. The number of amides is 1. The molecule has 8 nitrogen and oxygen atoms in total. The molecule has 0 bridgehead atoms. The van der Waals surface area contributed by atoms with Gasteiger partial charge in [0.15, 0.2) is 11.5 Å². The highest BCUT2D eigenvalue weighted by Gasteiger charge is 2.38. The molecule has 3 rings (SSSR count). The highest BCUT2D eigenvalue weighted by atomic mass is 19.4. The summed E-state index contributed by atoms with van der Waals surface area (Å²) in [7, 11) is 0. The van der Waals surface area contributed by atoms with E-state index < -0.39 is 12.1 Å². The van der Waals surface area contributed by atoms with E-state index in [9.17, 15) is 18.0 Å². The number of carboxylic acids is 1. The predicted molar refractivity (Wildman–Crippen MR) is 85.6 cm³/mol. The van der Waals surface area contributed by atoms with Crippen LogP contribution in [0.15, 0.2) is 18.2 Å². The molecule has 0 aromatic heterocycles. The lowest BCUT2D eigenvalue weighted by molar-refractivity contribution is -0.192. The van der Waals surface area contributed by atoms with Crippen LogP contribution in [0.5, 0.6) is 11.5 Å². The summed E-state index contributed by atoms with van der Waals surface area (Å²) in [4.78, 5) is 20.8. The number of aliphatic carboxylic acids is 1. The maximum atomic E-state index is 11.9. The molecule has 1 aromatic carbocycles. The monoisotopic (exact) mass is 392 g/mol. The smallest absolute Gasteiger partial charge is 0.475 e. The zero-order valence-electron chi connectivity index (χ0n) is 14.2. The van der Waals surface area contributed by atoms with Gasteiger partial charge in [-0.3, -0.25) is 4.79 Å². The van der Waals surface area contributed by atoms with Crippen LogP contribution in [0.3, 0.4) is 0 Å². The van der Waals surface area contributed by atoms with Crippen LogP contribution in [0.4, 0.5) is 13.2 Å². The highest BCUT2D eigenvalue weighted by Crippen LogP contribution is 2.32. The molecule has 0 aliphatic carbocycles. The van der Waals surface area contributed by atoms with E-state index in [1.807, 2.05) is 18.2 Å². The number of morpholine rings is 1. The van der Waals surface area contributed by atoms with Gasteiger partial charge in [0.05, 0.1) is 6.61 Å². The fraction of sp³-hybridized carbons (Fsp3) is 0.500. The molecule has 2 heterocycles. The van der Waals surface area contributed by atoms with E-state index in [4.69, 9.17) is 24.1 Å². The largest absolute Gasteiger partial charge is 0.490 e. The second-order valence-electron chi connectivity index (χ2n) is 5.60. The lowest BCUT2D eigenvalue weighted by Gasteiger charge is -2.22. The van der Waals surface area contributed by atoms with Gasteiger partial charge in [-0.15, -0.1) is 0 Å². The average Bonchev–Trinajstić information content (AvgIpc) is 3.10. The molecule has 2 aliphatic heterocycles. The Morgan fingerprint density at radius 2 is 1.96 bits per heavy atom. The standard InChI is InChI=1S/C14H18N2O4.C2HF3O2/c17-14(13-8-15-5-6-18-13)16-4-3-10-1-2-11-12(7-10)20-9-19-11;3-2(4,5)1(6)7/h1-2,7,13,15H,3-6,8-9H2,(H,16,17);(H,6,7)/t13-;/m1./s1. The fourth-order valence-electron chi connectivity index (χ4n) is 2.27. The van der Waals surface area contributed by atoms with Gasteiger partial charge in [-0.1, -0.05) is 6.07 Å². The number of hydrogen-bond acceptors (Lipinski definition) is 6. The van der Waals surface area contributed by atoms with Crippen molar-refractivity contribution in [1.82, 2.24) is 10.6 Å².